The lowest BCUT2D eigenvalue weighted by atomic mass is 9.99. The second-order valence-corrected chi connectivity index (χ2v) is 6.18. The highest BCUT2D eigenvalue weighted by molar-refractivity contribution is 5.48. The largest absolute Gasteiger partial charge is 0.454 e. The number of aryl methyl sites for hydroxylation is 2. The number of benzene rings is 1. The number of fused-ring (bicyclic) bond motifs is 2. The Morgan fingerprint density at radius 1 is 1.30 bits per heavy atom. The van der Waals surface area contributed by atoms with Crippen LogP contribution in [-0.4, -0.2) is 28.1 Å². The highest BCUT2D eigenvalue weighted by Gasteiger charge is 2.22. The van der Waals surface area contributed by atoms with Crippen molar-refractivity contribution >= 4 is 0 Å². The molecule has 122 valence electrons. The molecule has 0 bridgehead atoms. The molecule has 0 saturated heterocycles. The third kappa shape index (κ3) is 2.79. The molecule has 0 fully saturated rings. The molecule has 0 aliphatic carbocycles. The minimum Gasteiger partial charge on any atom is -0.454 e. The molecule has 0 unspecified atom stereocenters. The van der Waals surface area contributed by atoms with Crippen LogP contribution in [0.25, 0.3) is 0 Å². The fourth-order valence-electron chi connectivity index (χ4n) is 3.42. The van der Waals surface area contributed by atoms with Gasteiger partial charge in [0.15, 0.2) is 11.5 Å². The van der Waals surface area contributed by atoms with Gasteiger partial charge in [0.25, 0.3) is 0 Å². The van der Waals surface area contributed by atoms with Crippen LogP contribution in [-0.2, 0) is 25.9 Å². The second-order valence-electron chi connectivity index (χ2n) is 6.18. The molecule has 1 aromatic carbocycles. The number of nitrogens with one attached hydrogen (secondary N) is 1. The molecule has 0 spiro atoms. The van der Waals surface area contributed by atoms with Crippen molar-refractivity contribution in [3.63, 3.8) is 0 Å². The summed E-state index contributed by atoms with van der Waals surface area (Å²) in [5.74, 6) is 4.61. The highest BCUT2D eigenvalue weighted by Crippen LogP contribution is 2.35. The minimum absolute atomic E-state index is 0.325. The Bertz CT molecular complexity index is 684. The van der Waals surface area contributed by atoms with E-state index in [4.69, 9.17) is 9.47 Å². The van der Waals surface area contributed by atoms with Crippen LogP contribution < -0.4 is 14.8 Å². The van der Waals surface area contributed by atoms with E-state index in [0.29, 0.717) is 12.7 Å². The predicted octanol–water partition coefficient (Wildman–Crippen LogP) is 1.92. The molecular weight excluding hydrogens is 292 g/mol. The summed E-state index contributed by atoms with van der Waals surface area (Å²) in [6.45, 7) is 5.28. The predicted molar refractivity (Wildman–Crippen MR) is 85.5 cm³/mol. The molecule has 6 heteroatoms. The molecule has 4 rings (SSSR count). The van der Waals surface area contributed by atoms with E-state index in [-0.39, 0.29) is 0 Å². The van der Waals surface area contributed by atoms with Gasteiger partial charge in [0.2, 0.25) is 6.79 Å². The first-order chi connectivity index (χ1) is 11.3. The lowest BCUT2D eigenvalue weighted by Crippen LogP contribution is -2.30. The van der Waals surface area contributed by atoms with E-state index in [2.05, 4.69) is 33.1 Å². The first kappa shape index (κ1) is 14.5. The molecule has 0 saturated carbocycles. The molecule has 1 atom stereocenters. The Morgan fingerprint density at radius 2 is 2.26 bits per heavy atom. The molecule has 2 aliphatic heterocycles. The van der Waals surface area contributed by atoms with Crippen LogP contribution in [0.1, 0.15) is 30.6 Å². The van der Waals surface area contributed by atoms with Crippen molar-refractivity contribution in [2.75, 3.05) is 13.3 Å². The van der Waals surface area contributed by atoms with Gasteiger partial charge in [0, 0.05) is 31.5 Å². The Balaban J connectivity index is 1.35. The topological polar surface area (TPSA) is 61.2 Å². The number of hydrogen-bond donors (Lipinski definition) is 1. The van der Waals surface area contributed by atoms with Crippen LogP contribution >= 0.6 is 0 Å². The SMILES string of the molecule is CCc1nnc2n1C[C@H](CNCc1cccc3c1OCO3)CC2. The molecule has 23 heavy (non-hydrogen) atoms. The summed E-state index contributed by atoms with van der Waals surface area (Å²) in [5.41, 5.74) is 1.16. The quantitative estimate of drug-likeness (QED) is 0.913. The lowest BCUT2D eigenvalue weighted by molar-refractivity contribution is 0.173. The van der Waals surface area contributed by atoms with E-state index < -0.39 is 0 Å². The van der Waals surface area contributed by atoms with Gasteiger partial charge in [-0.2, -0.15) is 0 Å². The highest BCUT2D eigenvalue weighted by atomic mass is 16.7. The number of para-hydroxylation sites is 1. The van der Waals surface area contributed by atoms with E-state index in [9.17, 15) is 0 Å². The van der Waals surface area contributed by atoms with Crippen LogP contribution in [0.15, 0.2) is 18.2 Å². The first-order valence-corrected chi connectivity index (χ1v) is 8.34. The van der Waals surface area contributed by atoms with Crippen molar-refractivity contribution in [1.82, 2.24) is 20.1 Å². The maximum absolute atomic E-state index is 5.56. The van der Waals surface area contributed by atoms with Crippen molar-refractivity contribution in [3.05, 3.63) is 35.4 Å². The van der Waals surface area contributed by atoms with Crippen LogP contribution in [0.4, 0.5) is 0 Å². The summed E-state index contributed by atoms with van der Waals surface area (Å²) in [6, 6.07) is 6.06. The van der Waals surface area contributed by atoms with Gasteiger partial charge in [-0.05, 0) is 24.9 Å². The number of ether oxygens (including phenoxy) is 2. The van der Waals surface area contributed by atoms with E-state index >= 15 is 0 Å². The van der Waals surface area contributed by atoms with E-state index in [1.165, 1.54) is 6.42 Å². The third-order valence-corrected chi connectivity index (χ3v) is 4.66. The second kappa shape index (κ2) is 6.20. The smallest absolute Gasteiger partial charge is 0.231 e. The van der Waals surface area contributed by atoms with Gasteiger partial charge in [-0.1, -0.05) is 19.1 Å². The number of nitrogens with zero attached hydrogens (tertiary/aromatic N) is 3. The van der Waals surface area contributed by atoms with Gasteiger partial charge in [-0.3, -0.25) is 0 Å². The van der Waals surface area contributed by atoms with E-state index in [1.54, 1.807) is 0 Å². The van der Waals surface area contributed by atoms with E-state index in [1.807, 2.05) is 12.1 Å². The van der Waals surface area contributed by atoms with Gasteiger partial charge >= 0.3 is 0 Å². The molecule has 0 radical (unpaired) electrons. The van der Waals surface area contributed by atoms with Crippen molar-refractivity contribution < 1.29 is 9.47 Å². The zero-order valence-corrected chi connectivity index (χ0v) is 13.4. The average molecular weight is 314 g/mol. The molecule has 1 N–H and O–H groups in total. The summed E-state index contributed by atoms with van der Waals surface area (Å²) in [5, 5.41) is 12.1. The Kier molecular flexibility index (Phi) is 3.91. The fourth-order valence-corrected chi connectivity index (χ4v) is 3.42. The molecule has 1 aromatic heterocycles. The monoisotopic (exact) mass is 314 g/mol. The minimum atomic E-state index is 0.325. The number of aromatic nitrogens is 3. The van der Waals surface area contributed by atoms with Crippen LogP contribution in [0, 0.1) is 5.92 Å². The first-order valence-electron chi connectivity index (χ1n) is 8.34. The average Bonchev–Trinajstić information content (AvgIpc) is 3.21. The summed E-state index contributed by atoms with van der Waals surface area (Å²) >= 11 is 0. The summed E-state index contributed by atoms with van der Waals surface area (Å²) in [4.78, 5) is 0. The molecule has 2 aliphatic rings. The normalized spacial score (nSPS) is 18.9. The standard InChI is InChI=1S/C17H22N4O2/c1-2-15-19-20-16-7-6-12(10-21(15)16)8-18-9-13-4-3-5-14-17(13)23-11-22-14/h3-5,12,18H,2,6-11H2,1H3/t12-/m0/s1. The Hall–Kier alpha value is -2.08. The van der Waals surface area contributed by atoms with Crippen molar-refractivity contribution in [2.45, 2.75) is 39.3 Å². The zero-order valence-electron chi connectivity index (χ0n) is 13.4. The van der Waals surface area contributed by atoms with Crippen LogP contribution in [0.3, 0.4) is 0 Å². The van der Waals surface area contributed by atoms with Gasteiger partial charge in [-0.15, -0.1) is 10.2 Å². The molecular formula is C17H22N4O2. The third-order valence-electron chi connectivity index (χ3n) is 4.66. The van der Waals surface area contributed by atoms with E-state index in [0.717, 1.165) is 61.2 Å². The fraction of sp³-hybridized carbons (Fsp3) is 0.529. The van der Waals surface area contributed by atoms with Gasteiger partial charge in [0.1, 0.15) is 11.6 Å². The summed E-state index contributed by atoms with van der Waals surface area (Å²) in [6.07, 6.45) is 3.14. The molecule has 2 aromatic rings. The molecule has 3 heterocycles. The van der Waals surface area contributed by atoms with Crippen molar-refractivity contribution in [2.24, 2.45) is 5.92 Å². The lowest BCUT2D eigenvalue weighted by Gasteiger charge is -2.24. The Labute approximate surface area is 135 Å². The zero-order chi connectivity index (χ0) is 15.6. The molecule has 6 nitrogen and oxygen atoms in total. The van der Waals surface area contributed by atoms with Crippen LogP contribution in [0.2, 0.25) is 0 Å². The van der Waals surface area contributed by atoms with Crippen LogP contribution in [0.5, 0.6) is 11.5 Å². The van der Waals surface area contributed by atoms with Gasteiger partial charge in [0.05, 0.1) is 0 Å². The van der Waals surface area contributed by atoms with Gasteiger partial charge in [-0.25, -0.2) is 0 Å². The maximum atomic E-state index is 5.56. The Morgan fingerprint density at radius 3 is 3.17 bits per heavy atom. The number of hydrogen-bond acceptors (Lipinski definition) is 5. The number of rotatable bonds is 5. The van der Waals surface area contributed by atoms with Crippen molar-refractivity contribution in [1.29, 1.82) is 0 Å². The summed E-state index contributed by atoms with van der Waals surface area (Å²) < 4.78 is 13.3. The maximum Gasteiger partial charge on any atom is 0.231 e. The molecule has 0 amide bonds. The van der Waals surface area contributed by atoms with Crippen molar-refractivity contribution in [3.8, 4) is 11.5 Å². The van der Waals surface area contributed by atoms with Gasteiger partial charge < -0.3 is 19.4 Å². The summed E-state index contributed by atoms with van der Waals surface area (Å²) in [7, 11) is 0.